The molecule has 1 aromatic carbocycles. The van der Waals surface area contributed by atoms with E-state index in [9.17, 15) is 13.6 Å². The van der Waals surface area contributed by atoms with E-state index in [2.05, 4.69) is 15.3 Å². The number of amides is 1. The standard InChI is InChI=1S/C12H8ClF2N3O/c13-11-6-16-10(5-17-11)12(19)18-4-7-1-2-8(14)9(15)3-7/h1-3,5-6H,4H2,(H,18,19). The minimum absolute atomic E-state index is 0.0559. The fraction of sp³-hybridized carbons (Fsp3) is 0.0833. The fourth-order valence-corrected chi connectivity index (χ4v) is 1.45. The van der Waals surface area contributed by atoms with Gasteiger partial charge in [-0.1, -0.05) is 17.7 Å². The van der Waals surface area contributed by atoms with Crippen LogP contribution in [-0.4, -0.2) is 15.9 Å². The minimum Gasteiger partial charge on any atom is -0.347 e. The average molecular weight is 284 g/mol. The predicted molar refractivity (Wildman–Crippen MR) is 64.6 cm³/mol. The Bertz CT molecular complexity index is 604. The van der Waals surface area contributed by atoms with Crippen LogP contribution >= 0.6 is 11.6 Å². The van der Waals surface area contributed by atoms with Crippen molar-refractivity contribution in [2.75, 3.05) is 0 Å². The number of hydrogen-bond donors (Lipinski definition) is 1. The van der Waals surface area contributed by atoms with Gasteiger partial charge in [0.15, 0.2) is 11.6 Å². The minimum atomic E-state index is -0.960. The number of rotatable bonds is 3. The second-order valence-corrected chi connectivity index (χ2v) is 4.04. The van der Waals surface area contributed by atoms with E-state index in [-0.39, 0.29) is 17.4 Å². The third-order valence-corrected chi connectivity index (χ3v) is 2.49. The van der Waals surface area contributed by atoms with E-state index in [0.717, 1.165) is 12.1 Å². The highest BCUT2D eigenvalue weighted by Crippen LogP contribution is 2.08. The van der Waals surface area contributed by atoms with Gasteiger partial charge in [-0.25, -0.2) is 18.7 Å². The summed E-state index contributed by atoms with van der Waals surface area (Å²) in [5, 5.41) is 2.69. The molecule has 1 aromatic heterocycles. The van der Waals surface area contributed by atoms with Crippen LogP contribution in [0, 0.1) is 11.6 Å². The monoisotopic (exact) mass is 283 g/mol. The fourth-order valence-electron chi connectivity index (χ4n) is 1.35. The summed E-state index contributed by atoms with van der Waals surface area (Å²) in [5.41, 5.74) is 0.529. The van der Waals surface area contributed by atoms with Gasteiger partial charge in [0.25, 0.3) is 5.91 Å². The molecule has 98 valence electrons. The molecular formula is C12H8ClF2N3O. The molecule has 0 unspecified atom stereocenters. The summed E-state index contributed by atoms with van der Waals surface area (Å²) in [6.07, 6.45) is 2.47. The van der Waals surface area contributed by atoms with E-state index in [1.54, 1.807) is 0 Å². The maximum absolute atomic E-state index is 12.9. The molecule has 1 N–H and O–H groups in total. The Kier molecular flexibility index (Phi) is 4.01. The second kappa shape index (κ2) is 5.71. The Balaban J connectivity index is 2.00. The van der Waals surface area contributed by atoms with Gasteiger partial charge in [-0.15, -0.1) is 0 Å². The molecule has 0 aliphatic carbocycles. The zero-order chi connectivity index (χ0) is 13.8. The molecule has 2 rings (SSSR count). The number of benzene rings is 1. The molecule has 0 aliphatic heterocycles. The van der Waals surface area contributed by atoms with Gasteiger partial charge < -0.3 is 5.32 Å². The molecule has 19 heavy (non-hydrogen) atoms. The molecule has 0 bridgehead atoms. The van der Waals surface area contributed by atoms with Crippen molar-refractivity contribution >= 4 is 17.5 Å². The first-order valence-electron chi connectivity index (χ1n) is 5.26. The third-order valence-electron chi connectivity index (χ3n) is 2.29. The molecule has 2 aromatic rings. The Morgan fingerprint density at radius 3 is 2.63 bits per heavy atom. The first-order valence-corrected chi connectivity index (χ1v) is 5.64. The zero-order valence-electron chi connectivity index (χ0n) is 9.53. The lowest BCUT2D eigenvalue weighted by Crippen LogP contribution is -2.24. The van der Waals surface area contributed by atoms with Crippen molar-refractivity contribution in [3.8, 4) is 0 Å². The summed E-state index contributed by atoms with van der Waals surface area (Å²) in [6.45, 7) is 0.0559. The van der Waals surface area contributed by atoms with Gasteiger partial charge >= 0.3 is 0 Å². The number of nitrogens with zero attached hydrogens (tertiary/aromatic N) is 2. The van der Waals surface area contributed by atoms with Crippen molar-refractivity contribution < 1.29 is 13.6 Å². The number of nitrogens with one attached hydrogen (secondary N) is 1. The summed E-state index contributed by atoms with van der Waals surface area (Å²) >= 11 is 5.54. The molecule has 1 amide bonds. The lowest BCUT2D eigenvalue weighted by molar-refractivity contribution is 0.0945. The summed E-state index contributed by atoms with van der Waals surface area (Å²) in [6, 6.07) is 3.40. The van der Waals surface area contributed by atoms with Crippen molar-refractivity contribution in [3.63, 3.8) is 0 Å². The molecular weight excluding hydrogens is 276 g/mol. The van der Waals surface area contributed by atoms with E-state index in [1.807, 2.05) is 0 Å². The molecule has 0 atom stereocenters. The second-order valence-electron chi connectivity index (χ2n) is 3.66. The van der Waals surface area contributed by atoms with Crippen molar-refractivity contribution in [2.24, 2.45) is 0 Å². The number of halogens is 3. The molecule has 0 saturated carbocycles. The summed E-state index contributed by atoms with van der Waals surface area (Å²) in [4.78, 5) is 19.2. The van der Waals surface area contributed by atoms with Gasteiger partial charge in [0, 0.05) is 6.54 Å². The SMILES string of the molecule is O=C(NCc1ccc(F)c(F)c1)c1cnc(Cl)cn1. The van der Waals surface area contributed by atoms with Crippen LogP contribution in [0.4, 0.5) is 8.78 Å². The molecule has 1 heterocycles. The van der Waals surface area contributed by atoms with E-state index in [1.165, 1.54) is 18.5 Å². The van der Waals surface area contributed by atoms with Crippen LogP contribution in [0.1, 0.15) is 16.1 Å². The lowest BCUT2D eigenvalue weighted by Gasteiger charge is -2.05. The summed E-state index contributed by atoms with van der Waals surface area (Å²) in [5.74, 6) is -2.37. The summed E-state index contributed by atoms with van der Waals surface area (Å²) in [7, 11) is 0. The smallest absolute Gasteiger partial charge is 0.271 e. The average Bonchev–Trinajstić information content (AvgIpc) is 2.40. The molecule has 0 saturated heterocycles. The van der Waals surface area contributed by atoms with E-state index in [4.69, 9.17) is 11.6 Å². The van der Waals surface area contributed by atoms with E-state index >= 15 is 0 Å². The maximum Gasteiger partial charge on any atom is 0.271 e. The van der Waals surface area contributed by atoms with Crippen LogP contribution in [-0.2, 0) is 6.54 Å². The van der Waals surface area contributed by atoms with Crippen LogP contribution in [0.5, 0.6) is 0 Å². The Morgan fingerprint density at radius 1 is 1.21 bits per heavy atom. The summed E-state index contributed by atoms with van der Waals surface area (Å²) < 4.78 is 25.7. The van der Waals surface area contributed by atoms with Crippen LogP contribution < -0.4 is 5.32 Å². The zero-order valence-corrected chi connectivity index (χ0v) is 10.3. The van der Waals surface area contributed by atoms with Crippen LogP contribution in [0.15, 0.2) is 30.6 Å². The highest BCUT2D eigenvalue weighted by Gasteiger charge is 2.08. The quantitative estimate of drug-likeness (QED) is 0.941. The number of carbonyl (C=O) groups excluding carboxylic acids is 1. The van der Waals surface area contributed by atoms with E-state index < -0.39 is 17.5 Å². The number of aromatic nitrogens is 2. The van der Waals surface area contributed by atoms with E-state index in [0.29, 0.717) is 5.56 Å². The maximum atomic E-state index is 12.9. The van der Waals surface area contributed by atoms with Crippen molar-refractivity contribution in [3.05, 3.63) is 58.6 Å². The lowest BCUT2D eigenvalue weighted by atomic mass is 10.2. The topological polar surface area (TPSA) is 54.9 Å². The normalized spacial score (nSPS) is 10.3. The van der Waals surface area contributed by atoms with Crippen LogP contribution in [0.3, 0.4) is 0 Å². The van der Waals surface area contributed by atoms with Crippen molar-refractivity contribution in [2.45, 2.75) is 6.54 Å². The highest BCUT2D eigenvalue weighted by atomic mass is 35.5. The Hall–Kier alpha value is -2.08. The molecule has 0 spiro atoms. The highest BCUT2D eigenvalue weighted by molar-refractivity contribution is 6.29. The number of hydrogen-bond acceptors (Lipinski definition) is 3. The Labute approximate surface area is 112 Å². The van der Waals surface area contributed by atoms with Crippen LogP contribution in [0.25, 0.3) is 0 Å². The van der Waals surface area contributed by atoms with Gasteiger partial charge in [-0.2, -0.15) is 0 Å². The van der Waals surface area contributed by atoms with Gasteiger partial charge in [-0.3, -0.25) is 4.79 Å². The first kappa shape index (κ1) is 13.4. The first-order chi connectivity index (χ1) is 9.06. The molecule has 7 heteroatoms. The molecule has 0 radical (unpaired) electrons. The number of carbonyl (C=O) groups is 1. The van der Waals surface area contributed by atoms with Gasteiger partial charge in [0.05, 0.1) is 12.4 Å². The largest absolute Gasteiger partial charge is 0.347 e. The van der Waals surface area contributed by atoms with Crippen molar-refractivity contribution in [1.82, 2.24) is 15.3 Å². The predicted octanol–water partition coefficient (Wildman–Crippen LogP) is 2.34. The van der Waals surface area contributed by atoms with Crippen molar-refractivity contribution in [1.29, 1.82) is 0 Å². The van der Waals surface area contributed by atoms with Crippen LogP contribution in [0.2, 0.25) is 5.15 Å². The van der Waals surface area contributed by atoms with Gasteiger partial charge in [0.1, 0.15) is 10.8 Å². The van der Waals surface area contributed by atoms with Gasteiger partial charge in [-0.05, 0) is 17.7 Å². The molecule has 0 aliphatic rings. The molecule has 0 fully saturated rings. The molecule has 4 nitrogen and oxygen atoms in total. The third kappa shape index (κ3) is 3.45. The Morgan fingerprint density at radius 2 is 2.00 bits per heavy atom. The van der Waals surface area contributed by atoms with Gasteiger partial charge in [0.2, 0.25) is 0 Å².